The summed E-state index contributed by atoms with van der Waals surface area (Å²) in [6, 6.07) is 3.23. The van der Waals surface area contributed by atoms with E-state index in [1.165, 1.54) is 9.13 Å². The molecule has 0 saturated heterocycles. The Bertz CT molecular complexity index is 1280. The summed E-state index contributed by atoms with van der Waals surface area (Å²) < 4.78 is 6.41. The first-order valence-corrected chi connectivity index (χ1v) is 17.3. The van der Waals surface area contributed by atoms with E-state index in [0.29, 0.717) is 26.2 Å². The lowest BCUT2D eigenvalue weighted by molar-refractivity contribution is 0.271. The molecule has 2 aromatic rings. The topological polar surface area (TPSA) is 94.5 Å². The molecule has 3 heterocycles. The molecule has 0 N–H and O–H groups in total. The molecule has 0 spiro atoms. The summed E-state index contributed by atoms with van der Waals surface area (Å²) in [5.74, 6) is 0. The summed E-state index contributed by atoms with van der Waals surface area (Å²) in [5.41, 5.74) is 0.786. The number of fused-ring (bicyclic) bond motifs is 4. The molecule has 0 radical (unpaired) electrons. The Hall–Kier alpha value is -2.72. The van der Waals surface area contributed by atoms with Crippen molar-refractivity contribution in [3.63, 3.8) is 0 Å². The molecule has 4 bridgehead atoms. The van der Waals surface area contributed by atoms with Gasteiger partial charge in [0.05, 0.1) is 0 Å². The van der Waals surface area contributed by atoms with Gasteiger partial charge in [-0.25, -0.2) is 9.59 Å². The average molecular weight is 615 g/mol. The molecular weight excluding hydrogens is 556 g/mol. The van der Waals surface area contributed by atoms with Gasteiger partial charge in [0.15, 0.2) is 0 Å². The zero-order valence-electron chi connectivity index (χ0n) is 28.0. The zero-order valence-corrected chi connectivity index (χ0v) is 28.0. The van der Waals surface area contributed by atoms with Crippen LogP contribution in [0.25, 0.3) is 0 Å². The Labute approximate surface area is 263 Å². The van der Waals surface area contributed by atoms with E-state index in [9.17, 15) is 19.2 Å². The van der Waals surface area contributed by atoms with Crippen LogP contribution in [-0.4, -0.2) is 67.3 Å². The minimum atomic E-state index is -0.187. The Morgan fingerprint density at radius 3 is 1.00 bits per heavy atom. The van der Waals surface area contributed by atoms with Crippen LogP contribution >= 0.6 is 0 Å². The third-order valence-corrected chi connectivity index (χ3v) is 9.29. The molecule has 0 amide bonds. The number of hydrogen-bond acceptors (Lipinski definition) is 6. The molecule has 10 nitrogen and oxygen atoms in total. The van der Waals surface area contributed by atoms with Crippen LogP contribution < -0.4 is 22.5 Å². The van der Waals surface area contributed by atoms with Crippen molar-refractivity contribution in [2.24, 2.45) is 0 Å². The van der Waals surface area contributed by atoms with Crippen molar-refractivity contribution < 1.29 is 0 Å². The summed E-state index contributed by atoms with van der Waals surface area (Å²) in [7, 11) is 0. The maximum atomic E-state index is 13.2. The smallest absolute Gasteiger partial charge is 0.304 e. The second-order valence-electron chi connectivity index (χ2n) is 12.5. The molecule has 0 saturated carbocycles. The molecule has 3 rings (SSSR count). The van der Waals surface area contributed by atoms with Gasteiger partial charge in [-0.05, 0) is 104 Å². The quantitative estimate of drug-likeness (QED) is 0.508. The van der Waals surface area contributed by atoms with Gasteiger partial charge in [-0.1, -0.05) is 39.5 Å². The van der Waals surface area contributed by atoms with E-state index in [1.54, 1.807) is 21.3 Å². The predicted molar refractivity (Wildman–Crippen MR) is 179 cm³/mol. The number of hydrogen-bond donors (Lipinski definition) is 0. The number of rotatable bonds is 2. The number of aryl methyl sites for hydroxylation is 2. The second kappa shape index (κ2) is 18.9. The van der Waals surface area contributed by atoms with Gasteiger partial charge in [-0.2, -0.15) is 0 Å². The molecule has 1 aliphatic heterocycles. The van der Waals surface area contributed by atoms with Crippen LogP contribution in [0.15, 0.2) is 31.3 Å². The van der Waals surface area contributed by atoms with E-state index in [0.717, 1.165) is 128 Å². The van der Waals surface area contributed by atoms with Crippen molar-refractivity contribution in [1.29, 1.82) is 0 Å². The predicted octanol–water partition coefficient (Wildman–Crippen LogP) is 3.99. The molecule has 0 aliphatic carbocycles. The monoisotopic (exact) mass is 614 g/mol. The molecule has 0 atom stereocenters. The van der Waals surface area contributed by atoms with E-state index in [1.807, 2.05) is 13.8 Å². The fraction of sp³-hybridized carbons (Fsp3) is 0.765. The van der Waals surface area contributed by atoms with Crippen molar-refractivity contribution in [3.05, 3.63) is 65.2 Å². The molecule has 248 valence electrons. The van der Waals surface area contributed by atoms with E-state index >= 15 is 0 Å². The van der Waals surface area contributed by atoms with Gasteiger partial charge < -0.3 is 9.80 Å². The van der Waals surface area contributed by atoms with Crippen LogP contribution in [-0.2, 0) is 26.2 Å². The molecule has 0 unspecified atom stereocenters. The standard InChI is InChI=1S/C34H58N6O4/c1-5-35-19-11-7-15-23-37-29(3)27-32(42)40(33(37)43)26-18-10-14-22-36(6-2)20-12-8-16-24-38-30(4)28-31(41)39(34(38)44)25-17-9-13-21-35/h27-28H,5-26H2,1-4H3. The number of nitrogens with zero attached hydrogens (tertiary/aromatic N) is 6. The Morgan fingerprint density at radius 2 is 0.705 bits per heavy atom. The van der Waals surface area contributed by atoms with Gasteiger partial charge in [0.2, 0.25) is 0 Å². The lowest BCUT2D eigenvalue weighted by Gasteiger charge is -2.21. The first kappa shape index (κ1) is 35.8. The summed E-state index contributed by atoms with van der Waals surface area (Å²) in [4.78, 5) is 56.6. The van der Waals surface area contributed by atoms with Gasteiger partial charge in [-0.15, -0.1) is 0 Å². The Kier molecular flexibility index (Phi) is 15.4. The molecule has 1 aliphatic rings. The minimum Gasteiger partial charge on any atom is -0.304 e. The van der Waals surface area contributed by atoms with Gasteiger partial charge in [0, 0.05) is 49.7 Å². The molecule has 0 fully saturated rings. The van der Waals surface area contributed by atoms with Gasteiger partial charge in [-0.3, -0.25) is 27.9 Å². The van der Waals surface area contributed by atoms with Crippen LogP contribution in [0.2, 0.25) is 0 Å². The lowest BCUT2D eigenvalue weighted by atomic mass is 10.2. The van der Waals surface area contributed by atoms with E-state index in [2.05, 4.69) is 23.6 Å². The Morgan fingerprint density at radius 1 is 0.432 bits per heavy atom. The van der Waals surface area contributed by atoms with Gasteiger partial charge in [0.25, 0.3) is 11.1 Å². The van der Waals surface area contributed by atoms with Crippen LogP contribution in [0.3, 0.4) is 0 Å². The summed E-state index contributed by atoms with van der Waals surface area (Å²) >= 11 is 0. The average Bonchev–Trinajstić information content (AvgIpc) is 2.99. The SMILES string of the molecule is CCN1CCCCCn2c(C)cc(=O)n(c2=O)CCCCCN(CC)CCCCCn2c(C)cc(=O)n(c2=O)CCCCC1. The van der Waals surface area contributed by atoms with Crippen molar-refractivity contribution in [2.45, 2.75) is 131 Å². The fourth-order valence-corrected chi connectivity index (χ4v) is 6.39. The van der Waals surface area contributed by atoms with Crippen molar-refractivity contribution >= 4 is 0 Å². The van der Waals surface area contributed by atoms with Crippen molar-refractivity contribution in [3.8, 4) is 0 Å². The highest BCUT2D eigenvalue weighted by Crippen LogP contribution is 2.07. The summed E-state index contributed by atoms with van der Waals surface area (Å²) in [5, 5.41) is 0. The van der Waals surface area contributed by atoms with Crippen LogP contribution in [0.5, 0.6) is 0 Å². The van der Waals surface area contributed by atoms with Crippen LogP contribution in [0.4, 0.5) is 0 Å². The lowest BCUT2D eigenvalue weighted by Crippen LogP contribution is -2.40. The van der Waals surface area contributed by atoms with Crippen LogP contribution in [0.1, 0.15) is 102 Å². The highest BCUT2D eigenvalue weighted by Gasteiger charge is 2.12. The van der Waals surface area contributed by atoms with E-state index in [4.69, 9.17) is 0 Å². The normalized spacial score (nSPS) is 18.8. The third-order valence-electron chi connectivity index (χ3n) is 9.29. The summed E-state index contributed by atoms with van der Waals surface area (Å²) in [6.07, 6.45) is 11.7. The molecule has 2 aromatic heterocycles. The largest absolute Gasteiger partial charge is 0.331 e. The molecular formula is C34H58N6O4. The molecule has 10 heteroatoms. The van der Waals surface area contributed by atoms with E-state index in [-0.39, 0.29) is 22.5 Å². The minimum absolute atomic E-state index is 0.167. The maximum absolute atomic E-state index is 13.2. The summed E-state index contributed by atoms with van der Waals surface area (Å²) in [6.45, 7) is 16.3. The van der Waals surface area contributed by atoms with E-state index < -0.39 is 0 Å². The van der Waals surface area contributed by atoms with Crippen molar-refractivity contribution in [1.82, 2.24) is 28.1 Å². The van der Waals surface area contributed by atoms with Crippen LogP contribution in [0, 0.1) is 13.8 Å². The second-order valence-corrected chi connectivity index (χ2v) is 12.5. The first-order valence-electron chi connectivity index (χ1n) is 17.3. The Balaban J connectivity index is 1.65. The fourth-order valence-electron chi connectivity index (χ4n) is 6.39. The molecule has 44 heavy (non-hydrogen) atoms. The molecule has 0 aromatic carbocycles. The highest BCUT2D eigenvalue weighted by atomic mass is 16.2. The third kappa shape index (κ3) is 10.7. The first-order chi connectivity index (χ1) is 21.3. The van der Waals surface area contributed by atoms with Crippen molar-refractivity contribution in [2.75, 3.05) is 39.3 Å². The van der Waals surface area contributed by atoms with Gasteiger partial charge >= 0.3 is 11.4 Å². The zero-order chi connectivity index (χ0) is 31.9. The maximum Gasteiger partial charge on any atom is 0.331 e. The highest BCUT2D eigenvalue weighted by molar-refractivity contribution is 5.01. The van der Waals surface area contributed by atoms with Gasteiger partial charge in [0.1, 0.15) is 0 Å². The number of aromatic nitrogens is 4.